The number of hydrogen-bond acceptors (Lipinski definition) is 7. The first-order chi connectivity index (χ1) is 11.6. The van der Waals surface area contributed by atoms with Crippen LogP contribution in [0.3, 0.4) is 0 Å². The Morgan fingerprint density at radius 2 is 1.96 bits per heavy atom. The van der Waals surface area contributed by atoms with E-state index < -0.39 is 11.9 Å². The highest BCUT2D eigenvalue weighted by atomic mass is 32.2. The average molecular weight is 367 g/mol. The van der Waals surface area contributed by atoms with Crippen molar-refractivity contribution in [1.82, 2.24) is 5.32 Å². The molecule has 0 saturated carbocycles. The second-order valence-electron chi connectivity index (χ2n) is 5.42. The molecule has 0 unspecified atom stereocenters. The van der Waals surface area contributed by atoms with Gasteiger partial charge in [0.15, 0.2) is 0 Å². The minimum absolute atomic E-state index is 0.0402. The van der Waals surface area contributed by atoms with Gasteiger partial charge in [-0.15, -0.1) is 0 Å². The second kappa shape index (κ2) is 10.5. The summed E-state index contributed by atoms with van der Waals surface area (Å²) in [6.07, 6.45) is 2.32. The normalized spacial score (nSPS) is 16.8. The van der Waals surface area contributed by atoms with Crippen molar-refractivity contribution in [2.75, 3.05) is 12.3 Å². The van der Waals surface area contributed by atoms with Gasteiger partial charge in [0.25, 0.3) is 0 Å². The molecule has 0 bridgehead atoms. The molecule has 130 valence electrons. The third-order valence-corrected chi connectivity index (χ3v) is 5.65. The summed E-state index contributed by atoms with van der Waals surface area (Å²) in [6.45, 7) is 0.785. The molecule has 0 amide bonds. The first-order valence-electron chi connectivity index (χ1n) is 7.96. The van der Waals surface area contributed by atoms with Gasteiger partial charge in [-0.3, -0.25) is 9.59 Å². The van der Waals surface area contributed by atoms with Gasteiger partial charge in [0.2, 0.25) is 4.45 Å². The lowest BCUT2D eigenvalue weighted by atomic mass is 10.2. The van der Waals surface area contributed by atoms with Crippen LogP contribution in [0.1, 0.15) is 31.2 Å². The van der Waals surface area contributed by atoms with Gasteiger partial charge in [-0.2, -0.15) is 0 Å². The molecule has 5 nitrogen and oxygen atoms in total. The highest BCUT2D eigenvalue weighted by Crippen LogP contribution is 2.22. The molecule has 0 radical (unpaired) electrons. The molecule has 1 atom stereocenters. The Bertz CT molecular complexity index is 559. The number of carbonyl (C=O) groups excluding carboxylic acids is 3. The molecule has 0 aromatic heterocycles. The van der Waals surface area contributed by atoms with E-state index in [2.05, 4.69) is 5.32 Å². The van der Waals surface area contributed by atoms with Crippen molar-refractivity contribution in [2.45, 2.75) is 37.5 Å². The minimum Gasteiger partial charge on any atom is -0.392 e. The smallest absolute Gasteiger partial charge is 0.330 e. The van der Waals surface area contributed by atoms with Crippen molar-refractivity contribution >= 4 is 39.9 Å². The predicted octanol–water partition coefficient (Wildman–Crippen LogP) is 3.38. The van der Waals surface area contributed by atoms with E-state index in [9.17, 15) is 14.4 Å². The van der Waals surface area contributed by atoms with Crippen molar-refractivity contribution < 1.29 is 19.1 Å². The first kappa shape index (κ1) is 19.0. The predicted molar refractivity (Wildman–Crippen MR) is 96.9 cm³/mol. The van der Waals surface area contributed by atoms with Gasteiger partial charge in [-0.05, 0) is 31.4 Å². The van der Waals surface area contributed by atoms with Crippen LogP contribution >= 0.6 is 23.5 Å². The van der Waals surface area contributed by atoms with E-state index in [0.29, 0.717) is 17.9 Å². The Morgan fingerprint density at radius 3 is 2.67 bits per heavy atom. The van der Waals surface area contributed by atoms with Crippen LogP contribution in [0.2, 0.25) is 0 Å². The fraction of sp³-hybridized carbons (Fsp3) is 0.471. The van der Waals surface area contributed by atoms with Crippen LogP contribution in [-0.2, 0) is 20.1 Å². The standard InChI is InChI=1S/C17H21NO4S2/c19-15(22-16(20)14-8-4-10-18-14)9-5-11-23-17(21)24-12-13-6-2-1-3-7-13/h1-3,6-7,14,18H,4-5,8-12H2/t14-/m0/s1. The lowest BCUT2D eigenvalue weighted by molar-refractivity contribution is -0.160. The van der Waals surface area contributed by atoms with Crippen LogP contribution in [0.5, 0.6) is 0 Å². The molecular formula is C17H21NO4S2. The van der Waals surface area contributed by atoms with Gasteiger partial charge in [0.05, 0.1) is 0 Å². The summed E-state index contributed by atoms with van der Waals surface area (Å²) in [7, 11) is 0. The third kappa shape index (κ3) is 7.07. The molecule has 0 spiro atoms. The number of benzene rings is 1. The lowest BCUT2D eigenvalue weighted by Crippen LogP contribution is -2.33. The summed E-state index contributed by atoms with van der Waals surface area (Å²) < 4.78 is 4.85. The van der Waals surface area contributed by atoms with Crippen molar-refractivity contribution in [3.8, 4) is 0 Å². The number of rotatable bonds is 7. The van der Waals surface area contributed by atoms with Crippen LogP contribution in [0.25, 0.3) is 0 Å². The number of nitrogens with one attached hydrogen (secondary N) is 1. The summed E-state index contributed by atoms with van der Waals surface area (Å²) in [5.74, 6) is 0.196. The monoisotopic (exact) mass is 367 g/mol. The zero-order chi connectivity index (χ0) is 17.2. The van der Waals surface area contributed by atoms with Crippen molar-refractivity contribution in [3.05, 3.63) is 35.9 Å². The zero-order valence-corrected chi connectivity index (χ0v) is 15.0. The molecule has 1 aliphatic heterocycles. The number of thioether (sulfide) groups is 2. The molecule has 1 aromatic rings. The van der Waals surface area contributed by atoms with E-state index in [0.717, 1.165) is 24.9 Å². The zero-order valence-electron chi connectivity index (χ0n) is 13.4. The van der Waals surface area contributed by atoms with Crippen molar-refractivity contribution in [1.29, 1.82) is 0 Å². The fourth-order valence-corrected chi connectivity index (χ4v) is 3.94. The van der Waals surface area contributed by atoms with Crippen molar-refractivity contribution in [3.63, 3.8) is 0 Å². The summed E-state index contributed by atoms with van der Waals surface area (Å²) >= 11 is 2.46. The van der Waals surface area contributed by atoms with Gasteiger partial charge in [0.1, 0.15) is 6.04 Å². The minimum atomic E-state index is -0.515. The summed E-state index contributed by atoms with van der Waals surface area (Å²) in [5, 5.41) is 2.99. The second-order valence-corrected chi connectivity index (χ2v) is 7.69. The lowest BCUT2D eigenvalue weighted by Gasteiger charge is -2.08. The molecule has 0 aliphatic carbocycles. The van der Waals surface area contributed by atoms with E-state index in [1.165, 1.54) is 23.5 Å². The third-order valence-electron chi connectivity index (χ3n) is 3.50. The van der Waals surface area contributed by atoms with E-state index in [-0.39, 0.29) is 16.9 Å². The summed E-state index contributed by atoms with van der Waals surface area (Å²) in [6, 6.07) is 9.45. The number of esters is 2. The maximum atomic E-state index is 11.8. The maximum absolute atomic E-state index is 11.8. The number of ether oxygens (including phenoxy) is 1. The Labute approximate surface area is 150 Å². The first-order valence-corrected chi connectivity index (χ1v) is 9.93. The van der Waals surface area contributed by atoms with Crippen LogP contribution in [0.15, 0.2) is 30.3 Å². The molecule has 1 N–H and O–H groups in total. The quantitative estimate of drug-likeness (QED) is 0.450. The molecule has 1 saturated heterocycles. The Morgan fingerprint density at radius 1 is 1.17 bits per heavy atom. The van der Waals surface area contributed by atoms with Crippen LogP contribution in [0.4, 0.5) is 4.79 Å². The van der Waals surface area contributed by atoms with Crippen LogP contribution in [0, 0.1) is 0 Å². The Kier molecular flexibility index (Phi) is 8.35. The summed E-state index contributed by atoms with van der Waals surface area (Å²) in [5.41, 5.74) is 1.11. The van der Waals surface area contributed by atoms with Gasteiger partial charge < -0.3 is 10.1 Å². The van der Waals surface area contributed by atoms with Gasteiger partial charge >= 0.3 is 11.9 Å². The van der Waals surface area contributed by atoms with Crippen LogP contribution < -0.4 is 5.32 Å². The fourth-order valence-electron chi connectivity index (χ4n) is 2.25. The average Bonchev–Trinajstić information content (AvgIpc) is 3.12. The van der Waals surface area contributed by atoms with Crippen LogP contribution in [-0.4, -0.2) is 34.7 Å². The van der Waals surface area contributed by atoms with Gasteiger partial charge in [-0.25, -0.2) is 4.79 Å². The summed E-state index contributed by atoms with van der Waals surface area (Å²) in [4.78, 5) is 35.0. The molecule has 1 aromatic carbocycles. The maximum Gasteiger partial charge on any atom is 0.330 e. The largest absolute Gasteiger partial charge is 0.392 e. The highest BCUT2D eigenvalue weighted by Gasteiger charge is 2.25. The molecule has 24 heavy (non-hydrogen) atoms. The topological polar surface area (TPSA) is 72.5 Å². The van der Waals surface area contributed by atoms with Crippen molar-refractivity contribution in [2.24, 2.45) is 0 Å². The molecule has 7 heteroatoms. The number of hydrogen-bond donors (Lipinski definition) is 1. The Hall–Kier alpha value is -1.31. The van der Waals surface area contributed by atoms with Gasteiger partial charge in [-0.1, -0.05) is 53.9 Å². The van der Waals surface area contributed by atoms with E-state index in [4.69, 9.17) is 4.74 Å². The SMILES string of the molecule is O=C(CCCSC(=O)SCc1ccccc1)OC(=O)[C@@H]1CCCN1. The molecule has 1 fully saturated rings. The van der Waals surface area contributed by atoms with E-state index in [1.54, 1.807) is 0 Å². The highest BCUT2D eigenvalue weighted by molar-refractivity contribution is 8.38. The van der Waals surface area contributed by atoms with Gasteiger partial charge in [0, 0.05) is 17.9 Å². The van der Waals surface area contributed by atoms with E-state index in [1.807, 2.05) is 30.3 Å². The van der Waals surface area contributed by atoms with E-state index >= 15 is 0 Å². The molecule has 1 aliphatic rings. The molecular weight excluding hydrogens is 346 g/mol. The number of carbonyl (C=O) groups is 3. The molecule has 2 rings (SSSR count). The molecule has 1 heterocycles. The Balaban J connectivity index is 1.52.